The van der Waals surface area contributed by atoms with E-state index in [0.717, 1.165) is 32.5 Å². The van der Waals surface area contributed by atoms with Crippen LogP contribution in [-0.2, 0) is 4.79 Å². The second kappa shape index (κ2) is 9.29. The lowest BCUT2D eigenvalue weighted by molar-refractivity contribution is -0.122. The third-order valence-electron chi connectivity index (χ3n) is 6.18. The lowest BCUT2D eigenvalue weighted by atomic mass is 9.86. The van der Waals surface area contributed by atoms with Gasteiger partial charge in [-0.15, -0.1) is 4.91 Å². The number of nitrogens with one attached hydrogen (secondary N) is 3. The first-order chi connectivity index (χ1) is 14.5. The minimum absolute atomic E-state index is 0.0587. The number of fused-ring (bicyclic) bond motifs is 3. The summed E-state index contributed by atoms with van der Waals surface area (Å²) in [4.78, 5) is 30.6. The number of anilines is 1. The summed E-state index contributed by atoms with van der Waals surface area (Å²) in [5.74, 6) is -0.524. The molecule has 0 aromatic carbocycles. The van der Waals surface area contributed by atoms with Gasteiger partial charge in [0.2, 0.25) is 5.91 Å². The topological polar surface area (TPSA) is 134 Å². The largest absolute Gasteiger partial charge is 0.487 e. The Labute approximate surface area is 174 Å². The van der Waals surface area contributed by atoms with Crippen molar-refractivity contribution < 1.29 is 13.9 Å². The smallest absolute Gasteiger partial charge is 0.234 e. The number of pyridine rings is 1. The third kappa shape index (κ3) is 4.59. The maximum atomic E-state index is 13.4. The Bertz CT molecular complexity index is 753. The Morgan fingerprint density at radius 3 is 2.73 bits per heavy atom. The van der Waals surface area contributed by atoms with E-state index in [-0.39, 0.29) is 19.2 Å². The van der Waals surface area contributed by atoms with E-state index >= 15 is 0 Å². The minimum atomic E-state index is -1.30. The van der Waals surface area contributed by atoms with E-state index in [2.05, 4.69) is 31.0 Å². The average molecular weight is 421 g/mol. The lowest BCUT2D eigenvalue weighted by Crippen LogP contribution is -2.62. The van der Waals surface area contributed by atoms with Crippen LogP contribution >= 0.6 is 0 Å². The summed E-state index contributed by atoms with van der Waals surface area (Å²) in [5.41, 5.74) is 6.20. The Hall–Kier alpha value is -2.21. The van der Waals surface area contributed by atoms with Crippen LogP contribution in [0.4, 0.5) is 10.1 Å². The van der Waals surface area contributed by atoms with Gasteiger partial charge in [-0.2, -0.15) is 0 Å². The molecule has 4 saturated heterocycles. The molecule has 0 radical (unpaired) electrons. The molecule has 1 aromatic heterocycles. The molecular formula is C19H28FN7O3. The summed E-state index contributed by atoms with van der Waals surface area (Å²) in [6.07, 6.45) is 2.33. The molecule has 5 N–H and O–H groups in total. The number of carbonyl (C=O) groups excluding carboxylic acids is 1. The van der Waals surface area contributed by atoms with Crippen LogP contribution in [0, 0.1) is 16.7 Å². The maximum absolute atomic E-state index is 13.4. The number of aromatic nitrogens is 1. The molecule has 164 valence electrons. The molecule has 2 bridgehead atoms. The zero-order chi connectivity index (χ0) is 21.1. The highest BCUT2D eigenvalue weighted by atomic mass is 19.1. The van der Waals surface area contributed by atoms with Gasteiger partial charge >= 0.3 is 0 Å². The van der Waals surface area contributed by atoms with Crippen molar-refractivity contribution in [1.29, 1.82) is 0 Å². The number of nitroso groups, excluding NO2 is 1. The number of ether oxygens (including phenoxy) is 1. The molecule has 0 aliphatic carbocycles. The number of hydrogen-bond acceptors (Lipinski definition) is 9. The molecule has 0 saturated carbocycles. The van der Waals surface area contributed by atoms with Crippen molar-refractivity contribution in [3.8, 4) is 5.75 Å². The van der Waals surface area contributed by atoms with E-state index in [9.17, 15) is 14.1 Å². The predicted molar refractivity (Wildman–Crippen MR) is 108 cm³/mol. The predicted octanol–water partition coefficient (Wildman–Crippen LogP) is 0.0175. The Kier molecular flexibility index (Phi) is 6.52. The summed E-state index contributed by atoms with van der Waals surface area (Å²) >= 11 is 0. The van der Waals surface area contributed by atoms with Gasteiger partial charge in [0.25, 0.3) is 0 Å². The van der Waals surface area contributed by atoms with Gasteiger partial charge < -0.3 is 15.8 Å². The Morgan fingerprint density at radius 2 is 2.10 bits per heavy atom. The van der Waals surface area contributed by atoms with E-state index in [4.69, 9.17) is 10.5 Å². The van der Waals surface area contributed by atoms with E-state index in [0.29, 0.717) is 17.4 Å². The highest BCUT2D eigenvalue weighted by Crippen LogP contribution is 2.33. The summed E-state index contributed by atoms with van der Waals surface area (Å²) < 4.78 is 19.7. The minimum Gasteiger partial charge on any atom is -0.487 e. The first-order valence-corrected chi connectivity index (χ1v) is 10.4. The van der Waals surface area contributed by atoms with Crippen molar-refractivity contribution >= 4 is 11.6 Å². The van der Waals surface area contributed by atoms with Gasteiger partial charge in [0.15, 0.2) is 6.17 Å². The molecule has 11 heteroatoms. The Morgan fingerprint density at radius 1 is 1.37 bits per heavy atom. The van der Waals surface area contributed by atoms with Crippen molar-refractivity contribution in [1.82, 2.24) is 20.5 Å². The fourth-order valence-electron chi connectivity index (χ4n) is 4.48. The quantitative estimate of drug-likeness (QED) is 0.453. The van der Waals surface area contributed by atoms with Crippen LogP contribution < -0.4 is 26.4 Å². The molecule has 4 fully saturated rings. The molecule has 30 heavy (non-hydrogen) atoms. The van der Waals surface area contributed by atoms with Crippen molar-refractivity contribution in [3.05, 3.63) is 23.4 Å². The molecular weight excluding hydrogens is 393 g/mol. The van der Waals surface area contributed by atoms with Crippen LogP contribution in [-0.4, -0.2) is 73.1 Å². The number of amides is 1. The SMILES string of the molecule is NC(N=O)C(C(=O)Nc1cnccc1O[C@@H]1CN2CCC1CC2)C1NCC(F)CN1. The second-order valence-electron chi connectivity index (χ2n) is 8.17. The second-order valence-corrected chi connectivity index (χ2v) is 8.17. The van der Waals surface area contributed by atoms with Gasteiger partial charge in [0.1, 0.15) is 29.6 Å². The molecule has 1 aromatic rings. The number of hydrogen-bond donors (Lipinski definition) is 4. The number of nitrogens with zero attached hydrogens (tertiary/aromatic N) is 3. The molecule has 10 nitrogen and oxygen atoms in total. The van der Waals surface area contributed by atoms with Gasteiger partial charge in [0.05, 0.1) is 12.4 Å². The number of piperidine rings is 3. The van der Waals surface area contributed by atoms with Gasteiger partial charge in [-0.25, -0.2) is 4.39 Å². The van der Waals surface area contributed by atoms with Crippen LogP contribution in [0.15, 0.2) is 23.6 Å². The zero-order valence-corrected chi connectivity index (χ0v) is 16.7. The number of alkyl halides is 1. The molecule has 4 aliphatic heterocycles. The maximum Gasteiger partial charge on any atom is 0.234 e. The van der Waals surface area contributed by atoms with Crippen LogP contribution in [0.2, 0.25) is 0 Å². The van der Waals surface area contributed by atoms with E-state index in [1.807, 2.05) is 0 Å². The molecule has 3 atom stereocenters. The van der Waals surface area contributed by atoms with Gasteiger partial charge in [-0.1, -0.05) is 5.18 Å². The highest BCUT2D eigenvalue weighted by molar-refractivity contribution is 5.94. The first-order valence-electron chi connectivity index (χ1n) is 10.4. The molecule has 4 aliphatic rings. The van der Waals surface area contributed by atoms with Crippen LogP contribution in [0.1, 0.15) is 12.8 Å². The fourth-order valence-corrected chi connectivity index (χ4v) is 4.48. The van der Waals surface area contributed by atoms with Crippen molar-refractivity contribution in [2.45, 2.75) is 37.4 Å². The summed E-state index contributed by atoms with van der Waals surface area (Å²) in [7, 11) is 0. The summed E-state index contributed by atoms with van der Waals surface area (Å²) in [6.45, 7) is 3.19. The van der Waals surface area contributed by atoms with Crippen LogP contribution in [0.5, 0.6) is 5.75 Å². The summed E-state index contributed by atoms with van der Waals surface area (Å²) in [6, 6.07) is 1.71. The van der Waals surface area contributed by atoms with Crippen LogP contribution in [0.25, 0.3) is 0 Å². The van der Waals surface area contributed by atoms with Gasteiger partial charge in [-0.3, -0.25) is 25.3 Å². The Balaban J connectivity index is 1.47. The summed E-state index contributed by atoms with van der Waals surface area (Å²) in [5, 5.41) is 11.3. The highest BCUT2D eigenvalue weighted by Gasteiger charge is 2.38. The van der Waals surface area contributed by atoms with Crippen molar-refractivity contribution in [2.24, 2.45) is 22.7 Å². The van der Waals surface area contributed by atoms with Crippen LogP contribution in [0.3, 0.4) is 0 Å². The molecule has 1 amide bonds. The van der Waals surface area contributed by atoms with Gasteiger partial charge in [0, 0.05) is 31.9 Å². The van der Waals surface area contributed by atoms with Gasteiger partial charge in [-0.05, 0) is 31.8 Å². The van der Waals surface area contributed by atoms with E-state index < -0.39 is 30.3 Å². The monoisotopic (exact) mass is 421 g/mol. The number of rotatable bonds is 7. The lowest BCUT2D eigenvalue weighted by Gasteiger charge is -2.44. The fraction of sp³-hybridized carbons (Fsp3) is 0.684. The number of halogens is 1. The number of carbonyl (C=O) groups is 1. The number of nitrogens with two attached hydrogens (primary N) is 1. The normalized spacial score (nSPS) is 32.8. The molecule has 0 spiro atoms. The first kappa shape index (κ1) is 21.0. The van der Waals surface area contributed by atoms with Crippen molar-refractivity contribution in [3.63, 3.8) is 0 Å². The van der Waals surface area contributed by atoms with E-state index in [1.165, 1.54) is 6.20 Å². The van der Waals surface area contributed by atoms with Crippen molar-refractivity contribution in [2.75, 3.05) is 38.0 Å². The zero-order valence-electron chi connectivity index (χ0n) is 16.7. The molecule has 2 unspecified atom stereocenters. The standard InChI is InChI=1S/C19H28FN7O3/c20-12-7-23-18(24-8-12)16(17(21)26-29)19(28)25-13-9-22-4-1-14(13)30-15-10-27-5-2-11(15)3-6-27/h1,4,9,11-12,15-18,23-24H,2-3,5-8,10,21H2,(H,25,28)/t12?,15-,16?,17?,18?/m1/s1. The van der Waals surface area contributed by atoms with E-state index in [1.54, 1.807) is 12.3 Å². The average Bonchev–Trinajstić information content (AvgIpc) is 2.77. The third-order valence-corrected chi connectivity index (χ3v) is 6.18. The molecule has 5 rings (SSSR count). The molecule has 5 heterocycles.